The largest absolute Gasteiger partial charge is 0.480 e. The van der Waals surface area contributed by atoms with Gasteiger partial charge in [0.15, 0.2) is 0 Å². The first-order valence-corrected chi connectivity index (χ1v) is 6.87. The predicted molar refractivity (Wildman–Crippen MR) is 76.8 cm³/mol. The van der Waals surface area contributed by atoms with E-state index < -0.39 is 5.97 Å². The number of hydrogen-bond acceptors (Lipinski definition) is 2. The summed E-state index contributed by atoms with van der Waals surface area (Å²) < 4.78 is 0. The maximum atomic E-state index is 12.4. The fourth-order valence-electron chi connectivity index (χ4n) is 2.63. The van der Waals surface area contributed by atoms with Gasteiger partial charge < -0.3 is 10.4 Å². The van der Waals surface area contributed by atoms with Crippen LogP contribution in [0, 0.1) is 0 Å². The maximum absolute atomic E-state index is 12.4. The first-order chi connectivity index (χ1) is 9.50. The third-order valence-electron chi connectivity index (χ3n) is 3.72. The Balaban J connectivity index is 2.14. The zero-order valence-corrected chi connectivity index (χ0v) is 11.6. The number of anilines is 1. The van der Waals surface area contributed by atoms with Gasteiger partial charge in [0.05, 0.1) is 0 Å². The number of hydrogen-bond donors (Lipinski definition) is 2. The third-order valence-corrected chi connectivity index (χ3v) is 3.72. The van der Waals surface area contributed by atoms with Crippen LogP contribution in [0.5, 0.6) is 0 Å². The quantitative estimate of drug-likeness (QED) is 0.888. The number of nitrogens with zero attached hydrogens (tertiary/aromatic N) is 1. The lowest BCUT2D eigenvalue weighted by molar-refractivity contribution is -0.135. The van der Waals surface area contributed by atoms with Gasteiger partial charge in [0, 0.05) is 11.2 Å². The zero-order chi connectivity index (χ0) is 14.6. The van der Waals surface area contributed by atoms with Crippen molar-refractivity contribution in [3.63, 3.8) is 0 Å². The summed E-state index contributed by atoms with van der Waals surface area (Å²) in [5.41, 5.74) is 0.372. The molecule has 0 aliphatic heterocycles. The van der Waals surface area contributed by atoms with Crippen molar-refractivity contribution >= 4 is 17.7 Å². The van der Waals surface area contributed by atoms with Crippen molar-refractivity contribution in [2.75, 3.05) is 11.4 Å². The van der Waals surface area contributed by atoms with E-state index in [0.717, 1.165) is 25.7 Å². The first-order valence-electron chi connectivity index (χ1n) is 6.87. The van der Waals surface area contributed by atoms with Crippen molar-refractivity contribution in [3.8, 4) is 0 Å². The average molecular weight is 276 g/mol. The van der Waals surface area contributed by atoms with E-state index in [2.05, 4.69) is 5.32 Å². The standard InChI is InChI=1S/C15H20N2O3/c1-15(9-5-6-10-15)16-14(20)17(11-13(18)19)12-7-3-2-4-8-12/h2-4,7-8H,5-6,9-11H2,1H3,(H,16,20)(H,18,19). The van der Waals surface area contributed by atoms with Crippen LogP contribution in [0.15, 0.2) is 30.3 Å². The summed E-state index contributed by atoms with van der Waals surface area (Å²) in [5.74, 6) is -1.03. The van der Waals surface area contributed by atoms with Gasteiger partial charge in [-0.15, -0.1) is 0 Å². The van der Waals surface area contributed by atoms with Gasteiger partial charge in [0.2, 0.25) is 0 Å². The highest BCUT2D eigenvalue weighted by molar-refractivity contribution is 5.96. The highest BCUT2D eigenvalue weighted by Gasteiger charge is 2.32. The number of carbonyl (C=O) groups is 2. The highest BCUT2D eigenvalue weighted by Crippen LogP contribution is 2.29. The Hall–Kier alpha value is -2.04. The summed E-state index contributed by atoms with van der Waals surface area (Å²) in [6.45, 7) is 1.67. The van der Waals surface area contributed by atoms with Crippen molar-refractivity contribution in [1.29, 1.82) is 0 Å². The fraction of sp³-hybridized carbons (Fsp3) is 0.467. The second-order valence-corrected chi connectivity index (χ2v) is 5.51. The molecule has 0 unspecified atom stereocenters. The fourth-order valence-corrected chi connectivity index (χ4v) is 2.63. The van der Waals surface area contributed by atoms with Gasteiger partial charge in [-0.05, 0) is 31.9 Å². The topological polar surface area (TPSA) is 69.6 Å². The van der Waals surface area contributed by atoms with Crippen molar-refractivity contribution in [1.82, 2.24) is 5.32 Å². The van der Waals surface area contributed by atoms with Crippen molar-refractivity contribution in [2.45, 2.75) is 38.1 Å². The molecule has 0 saturated heterocycles. The average Bonchev–Trinajstić information content (AvgIpc) is 2.83. The Bertz CT molecular complexity index is 481. The molecular formula is C15H20N2O3. The molecule has 2 N–H and O–H groups in total. The molecule has 1 saturated carbocycles. The second-order valence-electron chi connectivity index (χ2n) is 5.51. The number of nitrogens with one attached hydrogen (secondary N) is 1. The van der Waals surface area contributed by atoms with E-state index in [1.165, 1.54) is 4.90 Å². The minimum atomic E-state index is -1.03. The monoisotopic (exact) mass is 276 g/mol. The molecule has 0 aromatic heterocycles. The first kappa shape index (κ1) is 14.4. The number of carbonyl (C=O) groups excluding carboxylic acids is 1. The van der Waals surface area contributed by atoms with Gasteiger partial charge in [-0.2, -0.15) is 0 Å². The van der Waals surface area contributed by atoms with Crippen LogP contribution in [0.3, 0.4) is 0 Å². The number of carboxylic acid groups (broad SMARTS) is 1. The molecule has 5 heteroatoms. The van der Waals surface area contributed by atoms with Gasteiger partial charge in [-0.25, -0.2) is 4.79 Å². The van der Waals surface area contributed by atoms with E-state index >= 15 is 0 Å². The molecule has 1 aromatic rings. The normalized spacial score (nSPS) is 16.6. The Morgan fingerprint density at radius 1 is 1.25 bits per heavy atom. The molecule has 108 valence electrons. The SMILES string of the molecule is CC1(NC(=O)N(CC(=O)O)c2ccccc2)CCCC1. The smallest absolute Gasteiger partial charge is 0.323 e. The lowest BCUT2D eigenvalue weighted by Crippen LogP contribution is -2.51. The summed E-state index contributed by atoms with van der Waals surface area (Å²) >= 11 is 0. The highest BCUT2D eigenvalue weighted by atomic mass is 16.4. The number of urea groups is 1. The Kier molecular flexibility index (Phi) is 4.27. The molecule has 2 amide bonds. The van der Waals surface area contributed by atoms with Crippen LogP contribution < -0.4 is 10.2 Å². The number of rotatable bonds is 4. The number of para-hydroxylation sites is 1. The van der Waals surface area contributed by atoms with Gasteiger partial charge >= 0.3 is 12.0 Å². The summed E-state index contributed by atoms with van der Waals surface area (Å²) in [6.07, 6.45) is 4.07. The third kappa shape index (κ3) is 3.50. The van der Waals surface area contributed by atoms with Crippen molar-refractivity contribution < 1.29 is 14.7 Å². The number of benzene rings is 1. The molecule has 0 spiro atoms. The van der Waals surface area contributed by atoms with E-state index in [0.29, 0.717) is 5.69 Å². The molecule has 0 radical (unpaired) electrons. The molecule has 0 bridgehead atoms. The van der Waals surface area contributed by atoms with Crippen molar-refractivity contribution in [2.24, 2.45) is 0 Å². The Morgan fingerprint density at radius 3 is 2.40 bits per heavy atom. The molecular weight excluding hydrogens is 256 g/mol. The summed E-state index contributed by atoms with van der Waals surface area (Å²) in [7, 11) is 0. The summed E-state index contributed by atoms with van der Waals surface area (Å²) in [5, 5.41) is 12.0. The van der Waals surface area contributed by atoms with Gasteiger partial charge in [-0.1, -0.05) is 31.0 Å². The lowest BCUT2D eigenvalue weighted by atomic mass is 10.0. The molecule has 1 aliphatic rings. The van der Waals surface area contributed by atoms with E-state index in [9.17, 15) is 9.59 Å². The number of carboxylic acids is 1. The number of aliphatic carboxylic acids is 1. The molecule has 2 rings (SSSR count). The molecule has 5 nitrogen and oxygen atoms in total. The lowest BCUT2D eigenvalue weighted by Gasteiger charge is -2.30. The summed E-state index contributed by atoms with van der Waals surface area (Å²) in [4.78, 5) is 24.6. The van der Waals surface area contributed by atoms with Gasteiger partial charge in [0.25, 0.3) is 0 Å². The van der Waals surface area contributed by atoms with E-state index in [1.807, 2.05) is 13.0 Å². The summed E-state index contributed by atoms with van der Waals surface area (Å²) in [6, 6.07) is 8.53. The number of amides is 2. The second kappa shape index (κ2) is 5.94. The maximum Gasteiger partial charge on any atom is 0.323 e. The van der Waals surface area contributed by atoms with E-state index in [-0.39, 0.29) is 18.1 Å². The molecule has 0 heterocycles. The van der Waals surface area contributed by atoms with Crippen LogP contribution in [0.2, 0.25) is 0 Å². The molecule has 0 atom stereocenters. The van der Waals surface area contributed by atoms with Crippen LogP contribution in [-0.4, -0.2) is 29.2 Å². The Morgan fingerprint density at radius 2 is 1.85 bits per heavy atom. The minimum absolute atomic E-state index is 0.220. The molecule has 20 heavy (non-hydrogen) atoms. The zero-order valence-electron chi connectivity index (χ0n) is 11.6. The van der Waals surface area contributed by atoms with Crippen LogP contribution in [0.4, 0.5) is 10.5 Å². The van der Waals surface area contributed by atoms with Gasteiger partial charge in [-0.3, -0.25) is 9.69 Å². The van der Waals surface area contributed by atoms with Gasteiger partial charge in [0.1, 0.15) is 6.54 Å². The predicted octanol–water partition coefficient (Wildman–Crippen LogP) is 2.62. The molecule has 1 fully saturated rings. The van der Waals surface area contributed by atoms with Crippen LogP contribution in [-0.2, 0) is 4.79 Å². The van der Waals surface area contributed by atoms with Crippen LogP contribution in [0.25, 0.3) is 0 Å². The Labute approximate surface area is 118 Å². The van der Waals surface area contributed by atoms with Crippen LogP contribution >= 0.6 is 0 Å². The van der Waals surface area contributed by atoms with Crippen molar-refractivity contribution in [3.05, 3.63) is 30.3 Å². The minimum Gasteiger partial charge on any atom is -0.480 e. The van der Waals surface area contributed by atoms with E-state index in [1.54, 1.807) is 24.3 Å². The van der Waals surface area contributed by atoms with Crippen LogP contribution in [0.1, 0.15) is 32.6 Å². The molecule has 1 aromatic carbocycles. The van der Waals surface area contributed by atoms with E-state index in [4.69, 9.17) is 5.11 Å². The molecule has 1 aliphatic carbocycles.